The Morgan fingerprint density at radius 3 is 3.00 bits per heavy atom. The van der Waals surface area contributed by atoms with Crippen LogP contribution in [0.5, 0.6) is 0 Å². The predicted octanol–water partition coefficient (Wildman–Crippen LogP) is 2.64. The summed E-state index contributed by atoms with van der Waals surface area (Å²) in [4.78, 5) is 2.59. The van der Waals surface area contributed by atoms with Crippen molar-refractivity contribution in [3.05, 3.63) is 51.7 Å². The van der Waals surface area contributed by atoms with Crippen LogP contribution in [0.15, 0.2) is 29.4 Å². The Balaban J connectivity index is 2.78. The summed E-state index contributed by atoms with van der Waals surface area (Å²) >= 11 is 0. The van der Waals surface area contributed by atoms with E-state index in [1.54, 1.807) is 24.3 Å². The molecule has 5 heteroatoms. The second-order valence-electron chi connectivity index (χ2n) is 2.82. The molecule has 0 aliphatic carbocycles. The molecular formula is C10H10FN3O. The fraction of sp³-hybridized carbons (Fsp3) is 0.200. The first-order valence-corrected chi connectivity index (χ1v) is 4.34. The van der Waals surface area contributed by atoms with Crippen molar-refractivity contribution < 1.29 is 9.50 Å². The van der Waals surface area contributed by atoms with Gasteiger partial charge in [-0.1, -0.05) is 23.3 Å². The lowest BCUT2D eigenvalue weighted by molar-refractivity contribution is 0.275. The van der Waals surface area contributed by atoms with Crippen LogP contribution in [-0.2, 0) is 6.61 Å². The van der Waals surface area contributed by atoms with Crippen LogP contribution < -0.4 is 0 Å². The highest BCUT2D eigenvalue weighted by molar-refractivity contribution is 5.50. The monoisotopic (exact) mass is 207 g/mol. The van der Waals surface area contributed by atoms with E-state index in [2.05, 4.69) is 10.0 Å². The van der Waals surface area contributed by atoms with Gasteiger partial charge in [0.05, 0.1) is 6.61 Å². The highest BCUT2D eigenvalue weighted by Gasteiger charge is 1.99. The first kappa shape index (κ1) is 11.2. The Labute approximate surface area is 86.3 Å². The summed E-state index contributed by atoms with van der Waals surface area (Å²) in [6.07, 6.45) is 3.36. The van der Waals surface area contributed by atoms with Crippen LogP contribution in [0.4, 0.5) is 4.39 Å². The molecule has 0 aliphatic heterocycles. The van der Waals surface area contributed by atoms with E-state index < -0.39 is 5.82 Å². The molecule has 0 radical (unpaired) electrons. The quantitative estimate of drug-likeness (QED) is 0.460. The third-order valence-electron chi connectivity index (χ3n) is 1.80. The van der Waals surface area contributed by atoms with Crippen LogP contribution in [0.25, 0.3) is 16.5 Å². The molecule has 4 nitrogen and oxygen atoms in total. The summed E-state index contributed by atoms with van der Waals surface area (Å²) in [5.74, 6) is -0.426. The summed E-state index contributed by atoms with van der Waals surface area (Å²) in [5.41, 5.74) is 9.03. The van der Waals surface area contributed by atoms with Crippen LogP contribution in [0.3, 0.4) is 0 Å². The molecule has 0 amide bonds. The highest BCUT2D eigenvalue weighted by Crippen LogP contribution is 2.11. The van der Waals surface area contributed by atoms with Crippen molar-refractivity contribution in [2.45, 2.75) is 6.61 Å². The normalized spacial score (nSPS) is 10.3. The van der Waals surface area contributed by atoms with Crippen molar-refractivity contribution in [2.75, 3.05) is 6.54 Å². The molecule has 0 aromatic heterocycles. The second kappa shape index (κ2) is 5.80. The van der Waals surface area contributed by atoms with E-state index in [-0.39, 0.29) is 18.7 Å². The van der Waals surface area contributed by atoms with Gasteiger partial charge in [0.15, 0.2) is 0 Å². The fourth-order valence-electron chi connectivity index (χ4n) is 1.09. The minimum atomic E-state index is -0.426. The Hall–Kier alpha value is -1.84. The van der Waals surface area contributed by atoms with Crippen molar-refractivity contribution in [1.29, 1.82) is 0 Å². The van der Waals surface area contributed by atoms with Crippen LogP contribution in [0.2, 0.25) is 0 Å². The van der Waals surface area contributed by atoms with E-state index in [9.17, 15) is 4.39 Å². The average Bonchev–Trinajstić information content (AvgIpc) is 2.26. The zero-order chi connectivity index (χ0) is 11.1. The second-order valence-corrected chi connectivity index (χ2v) is 2.82. The van der Waals surface area contributed by atoms with E-state index in [0.717, 1.165) is 5.56 Å². The Morgan fingerprint density at radius 1 is 1.53 bits per heavy atom. The number of hydrogen-bond donors (Lipinski definition) is 1. The Morgan fingerprint density at radius 2 is 2.33 bits per heavy atom. The molecule has 1 rings (SSSR count). The Kier molecular flexibility index (Phi) is 4.34. The standard InChI is InChI=1S/C10H10FN3O/c11-10-4-3-8(6-9(10)7-15)2-1-5-13-14-12/h1-4,6,15H,5,7H2. The lowest BCUT2D eigenvalue weighted by atomic mass is 10.1. The molecule has 0 atom stereocenters. The van der Waals surface area contributed by atoms with E-state index in [0.29, 0.717) is 0 Å². The van der Waals surface area contributed by atoms with Gasteiger partial charge >= 0.3 is 0 Å². The van der Waals surface area contributed by atoms with E-state index in [1.165, 1.54) is 6.07 Å². The van der Waals surface area contributed by atoms with Gasteiger partial charge in [-0.05, 0) is 23.2 Å². The van der Waals surface area contributed by atoms with Crippen molar-refractivity contribution in [1.82, 2.24) is 0 Å². The average molecular weight is 207 g/mol. The molecule has 0 bridgehead atoms. The van der Waals surface area contributed by atoms with Crippen molar-refractivity contribution >= 4 is 6.08 Å². The molecule has 1 aromatic carbocycles. The predicted molar refractivity (Wildman–Crippen MR) is 55.4 cm³/mol. The van der Waals surface area contributed by atoms with Crippen LogP contribution in [-0.4, -0.2) is 11.7 Å². The van der Waals surface area contributed by atoms with Gasteiger partial charge in [-0.25, -0.2) is 4.39 Å². The molecule has 1 aromatic rings. The van der Waals surface area contributed by atoms with Gasteiger partial charge in [0, 0.05) is 17.0 Å². The lowest BCUT2D eigenvalue weighted by Crippen LogP contribution is -1.89. The van der Waals surface area contributed by atoms with Gasteiger partial charge in [-0.3, -0.25) is 0 Å². The third kappa shape index (κ3) is 3.42. The number of benzene rings is 1. The largest absolute Gasteiger partial charge is 0.392 e. The molecule has 15 heavy (non-hydrogen) atoms. The molecule has 1 N–H and O–H groups in total. The topological polar surface area (TPSA) is 69.0 Å². The van der Waals surface area contributed by atoms with Crippen LogP contribution >= 0.6 is 0 Å². The zero-order valence-electron chi connectivity index (χ0n) is 7.97. The molecule has 0 unspecified atom stereocenters. The molecule has 78 valence electrons. The first-order valence-electron chi connectivity index (χ1n) is 4.34. The maximum absolute atomic E-state index is 13.0. The van der Waals surface area contributed by atoms with Crippen molar-refractivity contribution in [3.63, 3.8) is 0 Å². The fourth-order valence-corrected chi connectivity index (χ4v) is 1.09. The van der Waals surface area contributed by atoms with Gasteiger partial charge in [0.25, 0.3) is 0 Å². The van der Waals surface area contributed by atoms with Crippen molar-refractivity contribution in [2.24, 2.45) is 5.11 Å². The number of rotatable bonds is 4. The van der Waals surface area contributed by atoms with Gasteiger partial charge in [0.1, 0.15) is 5.82 Å². The number of aliphatic hydroxyl groups excluding tert-OH is 1. The maximum Gasteiger partial charge on any atom is 0.128 e. The smallest absolute Gasteiger partial charge is 0.128 e. The Bertz CT molecular complexity index is 411. The van der Waals surface area contributed by atoms with E-state index >= 15 is 0 Å². The van der Waals surface area contributed by atoms with Gasteiger partial charge in [0.2, 0.25) is 0 Å². The summed E-state index contributed by atoms with van der Waals surface area (Å²) < 4.78 is 13.0. The molecule has 0 fully saturated rings. The molecular weight excluding hydrogens is 197 g/mol. The summed E-state index contributed by atoms with van der Waals surface area (Å²) in [6, 6.07) is 4.42. The number of nitrogens with zero attached hydrogens (tertiary/aromatic N) is 3. The van der Waals surface area contributed by atoms with Crippen LogP contribution in [0.1, 0.15) is 11.1 Å². The molecule has 0 aliphatic rings. The third-order valence-corrected chi connectivity index (χ3v) is 1.80. The van der Waals surface area contributed by atoms with Gasteiger partial charge < -0.3 is 5.11 Å². The molecule has 0 saturated carbocycles. The van der Waals surface area contributed by atoms with E-state index in [1.807, 2.05) is 0 Å². The molecule has 0 saturated heterocycles. The summed E-state index contributed by atoms with van der Waals surface area (Å²) in [6.45, 7) is -0.0772. The first-order chi connectivity index (χ1) is 7.27. The number of aliphatic hydroxyl groups is 1. The number of azide groups is 1. The summed E-state index contributed by atoms with van der Waals surface area (Å²) in [5, 5.41) is 12.1. The van der Waals surface area contributed by atoms with Gasteiger partial charge in [-0.15, -0.1) is 0 Å². The lowest BCUT2D eigenvalue weighted by Gasteiger charge is -2.00. The maximum atomic E-state index is 13.0. The number of hydrogen-bond acceptors (Lipinski definition) is 2. The SMILES string of the molecule is [N-]=[N+]=NCC=Cc1ccc(F)c(CO)c1. The summed E-state index contributed by atoms with van der Waals surface area (Å²) in [7, 11) is 0. The highest BCUT2D eigenvalue weighted by atomic mass is 19.1. The van der Waals surface area contributed by atoms with E-state index in [4.69, 9.17) is 10.6 Å². The van der Waals surface area contributed by atoms with Crippen molar-refractivity contribution in [3.8, 4) is 0 Å². The minimum absolute atomic E-state index is 0.251. The molecule has 0 heterocycles. The zero-order valence-corrected chi connectivity index (χ0v) is 7.97. The number of halogens is 1. The molecule has 0 spiro atoms. The minimum Gasteiger partial charge on any atom is -0.392 e. The van der Waals surface area contributed by atoms with Gasteiger partial charge in [-0.2, -0.15) is 0 Å². The van der Waals surface area contributed by atoms with Crippen LogP contribution in [0, 0.1) is 5.82 Å².